The standard InChI is InChI=1S/C22H30F2N2O3S/c1-21(2)15-6-9-22(21,3)19(12-15)25-20(27)14-7-10-26(11-8-14)30(28,29)16-4-5-17(23)18(24)13-16/h4-5,13-15,19H,6-12H2,1-3H3,(H,25,27)/t15-,19+,22+/m0/s1. The van der Waals surface area contributed by atoms with Gasteiger partial charge in [-0.1, -0.05) is 20.8 Å². The number of carbonyl (C=O) groups excluding carboxylic acids is 1. The molecule has 1 aromatic rings. The molecule has 5 nitrogen and oxygen atoms in total. The molecule has 4 rings (SSSR count). The topological polar surface area (TPSA) is 66.5 Å². The molecule has 8 heteroatoms. The summed E-state index contributed by atoms with van der Waals surface area (Å²) in [4.78, 5) is 12.7. The van der Waals surface area contributed by atoms with E-state index in [2.05, 4.69) is 26.1 Å². The van der Waals surface area contributed by atoms with Crippen molar-refractivity contribution in [3.63, 3.8) is 0 Å². The van der Waals surface area contributed by atoms with E-state index in [1.807, 2.05) is 0 Å². The van der Waals surface area contributed by atoms with Gasteiger partial charge < -0.3 is 5.32 Å². The first-order valence-corrected chi connectivity index (χ1v) is 12.2. The van der Waals surface area contributed by atoms with Crippen LogP contribution >= 0.6 is 0 Å². The number of hydrogen-bond acceptors (Lipinski definition) is 3. The third kappa shape index (κ3) is 3.27. The summed E-state index contributed by atoms with van der Waals surface area (Å²) < 4.78 is 53.4. The number of nitrogens with one attached hydrogen (secondary N) is 1. The molecule has 1 aliphatic heterocycles. The molecule has 1 aromatic carbocycles. The second kappa shape index (κ2) is 7.26. The molecule has 2 saturated carbocycles. The first-order chi connectivity index (χ1) is 14.0. The molecule has 0 aromatic heterocycles. The van der Waals surface area contributed by atoms with E-state index in [0.717, 1.165) is 25.0 Å². The lowest BCUT2D eigenvalue weighted by molar-refractivity contribution is -0.127. The Kier molecular flexibility index (Phi) is 5.25. The van der Waals surface area contributed by atoms with Crippen molar-refractivity contribution in [2.75, 3.05) is 13.1 Å². The van der Waals surface area contributed by atoms with Gasteiger partial charge in [0.25, 0.3) is 0 Å². The Morgan fingerprint density at radius 2 is 1.77 bits per heavy atom. The fourth-order valence-corrected chi connectivity index (χ4v) is 7.34. The lowest BCUT2D eigenvalue weighted by Gasteiger charge is -2.40. The maximum Gasteiger partial charge on any atom is 0.243 e. The zero-order chi connectivity index (χ0) is 21.9. The number of amides is 1. The maximum absolute atomic E-state index is 13.5. The Balaban J connectivity index is 1.38. The third-order valence-electron chi connectivity index (χ3n) is 8.46. The van der Waals surface area contributed by atoms with Gasteiger partial charge in [-0.05, 0) is 67.1 Å². The van der Waals surface area contributed by atoms with E-state index in [0.29, 0.717) is 24.8 Å². The summed E-state index contributed by atoms with van der Waals surface area (Å²) in [6.07, 6.45) is 4.20. The van der Waals surface area contributed by atoms with Crippen molar-refractivity contribution in [2.45, 2.75) is 63.8 Å². The van der Waals surface area contributed by atoms with Crippen LogP contribution in [-0.2, 0) is 14.8 Å². The van der Waals surface area contributed by atoms with Gasteiger partial charge in [0.2, 0.25) is 15.9 Å². The summed E-state index contributed by atoms with van der Waals surface area (Å²) in [6, 6.07) is 2.77. The highest BCUT2D eigenvalue weighted by atomic mass is 32.2. The number of nitrogens with zero attached hydrogens (tertiary/aromatic N) is 1. The summed E-state index contributed by atoms with van der Waals surface area (Å²) in [5.74, 6) is -1.85. The lowest BCUT2D eigenvalue weighted by Crippen LogP contribution is -2.50. The molecule has 3 atom stereocenters. The van der Waals surface area contributed by atoms with Crippen LogP contribution in [0.1, 0.15) is 52.9 Å². The molecule has 0 radical (unpaired) electrons. The number of benzene rings is 1. The molecule has 166 valence electrons. The Labute approximate surface area is 177 Å². The van der Waals surface area contributed by atoms with Crippen molar-refractivity contribution in [2.24, 2.45) is 22.7 Å². The van der Waals surface area contributed by atoms with E-state index in [1.54, 1.807) is 0 Å². The third-order valence-corrected chi connectivity index (χ3v) is 10.4. The van der Waals surface area contributed by atoms with Gasteiger partial charge in [0.1, 0.15) is 0 Å². The molecule has 3 fully saturated rings. The van der Waals surface area contributed by atoms with E-state index in [-0.39, 0.29) is 46.7 Å². The van der Waals surface area contributed by atoms with Gasteiger partial charge in [0.05, 0.1) is 4.90 Å². The van der Waals surface area contributed by atoms with Gasteiger partial charge in [0.15, 0.2) is 11.6 Å². The van der Waals surface area contributed by atoms with E-state index in [1.165, 1.54) is 10.7 Å². The SMILES string of the molecule is CC1(C)[C@H]2CC[C@]1(C)[C@H](NC(=O)C1CCN(S(=O)(=O)c3ccc(F)c(F)c3)CC1)C2. The van der Waals surface area contributed by atoms with Crippen molar-refractivity contribution < 1.29 is 22.0 Å². The van der Waals surface area contributed by atoms with Gasteiger partial charge in [-0.15, -0.1) is 0 Å². The van der Waals surface area contributed by atoms with Crippen LogP contribution in [0.3, 0.4) is 0 Å². The normalized spacial score (nSPS) is 31.8. The quantitative estimate of drug-likeness (QED) is 0.777. The van der Waals surface area contributed by atoms with Crippen LogP contribution in [0.2, 0.25) is 0 Å². The number of sulfonamides is 1. The van der Waals surface area contributed by atoms with Gasteiger partial charge in [-0.25, -0.2) is 17.2 Å². The van der Waals surface area contributed by atoms with E-state index < -0.39 is 21.7 Å². The second-order valence-electron chi connectivity index (χ2n) is 9.93. The van der Waals surface area contributed by atoms with Crippen molar-refractivity contribution >= 4 is 15.9 Å². The number of carbonyl (C=O) groups is 1. The van der Waals surface area contributed by atoms with E-state index >= 15 is 0 Å². The molecule has 3 aliphatic rings. The molecule has 1 N–H and O–H groups in total. The molecule has 0 spiro atoms. The summed E-state index contributed by atoms with van der Waals surface area (Å²) in [5.41, 5.74) is 0.316. The monoisotopic (exact) mass is 440 g/mol. The maximum atomic E-state index is 13.5. The zero-order valence-corrected chi connectivity index (χ0v) is 18.6. The second-order valence-corrected chi connectivity index (χ2v) is 11.9. The largest absolute Gasteiger partial charge is 0.353 e. The molecule has 1 heterocycles. The summed E-state index contributed by atoms with van der Waals surface area (Å²) in [7, 11) is -3.91. The minimum Gasteiger partial charge on any atom is -0.353 e. The number of halogens is 2. The summed E-state index contributed by atoms with van der Waals surface area (Å²) >= 11 is 0. The first kappa shape index (κ1) is 21.7. The van der Waals surface area contributed by atoms with Crippen LogP contribution in [-0.4, -0.2) is 37.8 Å². The number of hydrogen-bond donors (Lipinski definition) is 1. The highest BCUT2D eigenvalue weighted by molar-refractivity contribution is 7.89. The molecule has 0 unspecified atom stereocenters. The smallest absolute Gasteiger partial charge is 0.243 e. The Hall–Kier alpha value is -1.54. The minimum atomic E-state index is -3.91. The molecule has 2 aliphatic carbocycles. The van der Waals surface area contributed by atoms with Crippen LogP contribution in [0.4, 0.5) is 8.78 Å². The Morgan fingerprint density at radius 3 is 2.30 bits per heavy atom. The zero-order valence-electron chi connectivity index (χ0n) is 17.7. The predicted octanol–water partition coefficient (Wildman–Crippen LogP) is 3.70. The van der Waals surface area contributed by atoms with E-state index in [4.69, 9.17) is 0 Å². The van der Waals surface area contributed by atoms with Crippen molar-refractivity contribution in [1.29, 1.82) is 0 Å². The minimum absolute atomic E-state index is 0.00875. The molecular formula is C22H30F2N2O3S. The van der Waals surface area contributed by atoms with Crippen LogP contribution in [0.15, 0.2) is 23.1 Å². The van der Waals surface area contributed by atoms with Gasteiger partial charge >= 0.3 is 0 Å². The first-order valence-electron chi connectivity index (χ1n) is 10.7. The number of rotatable bonds is 4. The summed E-state index contributed by atoms with van der Waals surface area (Å²) in [6.45, 7) is 7.27. The van der Waals surface area contributed by atoms with Gasteiger partial charge in [-0.3, -0.25) is 4.79 Å². The number of piperidine rings is 1. The van der Waals surface area contributed by atoms with Crippen LogP contribution in [0, 0.1) is 34.3 Å². The Bertz CT molecular complexity index is 957. The molecule has 30 heavy (non-hydrogen) atoms. The molecular weight excluding hydrogens is 410 g/mol. The van der Waals surface area contributed by atoms with Crippen molar-refractivity contribution in [1.82, 2.24) is 9.62 Å². The highest BCUT2D eigenvalue weighted by Crippen LogP contribution is 2.65. The van der Waals surface area contributed by atoms with Gasteiger partial charge in [-0.2, -0.15) is 4.31 Å². The average Bonchev–Trinajstić information content (AvgIpc) is 3.03. The van der Waals surface area contributed by atoms with E-state index in [9.17, 15) is 22.0 Å². The van der Waals surface area contributed by atoms with Crippen molar-refractivity contribution in [3.8, 4) is 0 Å². The van der Waals surface area contributed by atoms with Gasteiger partial charge in [0, 0.05) is 25.0 Å². The van der Waals surface area contributed by atoms with Crippen LogP contribution in [0.5, 0.6) is 0 Å². The van der Waals surface area contributed by atoms with Crippen molar-refractivity contribution in [3.05, 3.63) is 29.8 Å². The molecule has 1 amide bonds. The Morgan fingerprint density at radius 1 is 1.10 bits per heavy atom. The van der Waals surface area contributed by atoms with Crippen LogP contribution < -0.4 is 5.32 Å². The average molecular weight is 441 g/mol. The fourth-order valence-electron chi connectivity index (χ4n) is 5.86. The molecule has 2 bridgehead atoms. The lowest BCUT2D eigenvalue weighted by atomic mass is 9.69. The predicted molar refractivity (Wildman–Crippen MR) is 109 cm³/mol. The number of fused-ring (bicyclic) bond motifs is 2. The summed E-state index contributed by atoms with van der Waals surface area (Å²) in [5, 5.41) is 3.28. The fraction of sp³-hybridized carbons (Fsp3) is 0.682. The van der Waals surface area contributed by atoms with Crippen LogP contribution in [0.25, 0.3) is 0 Å². The highest BCUT2D eigenvalue weighted by Gasteiger charge is 2.61. The molecule has 1 saturated heterocycles.